The summed E-state index contributed by atoms with van der Waals surface area (Å²) in [5, 5.41) is 3.11. The lowest BCUT2D eigenvalue weighted by Gasteiger charge is -2.14. The molecule has 1 aromatic carbocycles. The SMILES string of the molecule is CCN[C@H](C)CNS(=O)(=O)c1cc(C)c(F)c(C)c1.Cl. The topological polar surface area (TPSA) is 58.2 Å². The van der Waals surface area contributed by atoms with Gasteiger partial charge in [0.15, 0.2) is 0 Å². The third-order valence-electron chi connectivity index (χ3n) is 2.85. The minimum Gasteiger partial charge on any atom is -0.313 e. The second kappa shape index (κ2) is 7.93. The van der Waals surface area contributed by atoms with Crippen molar-refractivity contribution in [2.24, 2.45) is 0 Å². The average Bonchev–Trinajstić information content (AvgIpc) is 2.33. The molecule has 20 heavy (non-hydrogen) atoms. The molecule has 4 nitrogen and oxygen atoms in total. The predicted octanol–water partition coefficient (Wildman–Crippen LogP) is 2.14. The molecule has 0 saturated carbocycles. The Bertz CT molecular complexity index is 526. The predicted molar refractivity (Wildman–Crippen MR) is 81.4 cm³/mol. The maximum absolute atomic E-state index is 13.5. The van der Waals surface area contributed by atoms with Gasteiger partial charge in [0.05, 0.1) is 4.90 Å². The quantitative estimate of drug-likeness (QED) is 0.843. The highest BCUT2D eigenvalue weighted by Gasteiger charge is 2.17. The van der Waals surface area contributed by atoms with Crippen LogP contribution in [0.3, 0.4) is 0 Å². The number of sulfonamides is 1. The molecule has 116 valence electrons. The Kier molecular flexibility index (Phi) is 7.65. The number of benzene rings is 1. The van der Waals surface area contributed by atoms with Crippen molar-refractivity contribution in [3.05, 3.63) is 29.1 Å². The van der Waals surface area contributed by atoms with Gasteiger partial charge in [-0.2, -0.15) is 0 Å². The van der Waals surface area contributed by atoms with Crippen molar-refractivity contribution in [3.8, 4) is 0 Å². The molecule has 0 saturated heterocycles. The van der Waals surface area contributed by atoms with Crippen LogP contribution in [-0.2, 0) is 10.0 Å². The summed E-state index contributed by atoms with van der Waals surface area (Å²) in [6.45, 7) is 8.04. The summed E-state index contributed by atoms with van der Waals surface area (Å²) in [6, 6.07) is 2.74. The van der Waals surface area contributed by atoms with Gasteiger partial charge in [-0.3, -0.25) is 0 Å². The highest BCUT2D eigenvalue weighted by Crippen LogP contribution is 2.18. The Morgan fingerprint density at radius 2 is 1.75 bits per heavy atom. The first-order chi connectivity index (χ1) is 8.77. The van der Waals surface area contributed by atoms with Crippen molar-refractivity contribution in [2.45, 2.75) is 38.6 Å². The third kappa shape index (κ3) is 5.01. The Morgan fingerprint density at radius 1 is 1.25 bits per heavy atom. The fourth-order valence-electron chi connectivity index (χ4n) is 1.80. The van der Waals surface area contributed by atoms with E-state index in [0.29, 0.717) is 17.7 Å². The van der Waals surface area contributed by atoms with E-state index in [1.165, 1.54) is 12.1 Å². The van der Waals surface area contributed by atoms with Gasteiger partial charge in [-0.15, -0.1) is 12.4 Å². The number of hydrogen-bond donors (Lipinski definition) is 2. The van der Waals surface area contributed by atoms with Crippen LogP contribution in [0.1, 0.15) is 25.0 Å². The lowest BCUT2D eigenvalue weighted by atomic mass is 10.1. The smallest absolute Gasteiger partial charge is 0.240 e. The maximum atomic E-state index is 13.5. The third-order valence-corrected chi connectivity index (χ3v) is 4.26. The zero-order valence-corrected chi connectivity index (χ0v) is 13.8. The molecule has 2 N–H and O–H groups in total. The molecule has 0 radical (unpaired) electrons. The molecule has 0 aromatic heterocycles. The van der Waals surface area contributed by atoms with E-state index >= 15 is 0 Å². The van der Waals surface area contributed by atoms with Crippen molar-refractivity contribution in [2.75, 3.05) is 13.1 Å². The first-order valence-corrected chi connectivity index (χ1v) is 7.76. The first-order valence-electron chi connectivity index (χ1n) is 6.27. The first kappa shape index (κ1) is 19.3. The molecule has 0 fully saturated rings. The van der Waals surface area contributed by atoms with Crippen LogP contribution < -0.4 is 10.0 Å². The van der Waals surface area contributed by atoms with E-state index < -0.39 is 10.0 Å². The van der Waals surface area contributed by atoms with Crippen molar-refractivity contribution >= 4 is 22.4 Å². The highest BCUT2D eigenvalue weighted by atomic mass is 35.5. The van der Waals surface area contributed by atoms with Gasteiger partial charge in [0, 0.05) is 12.6 Å². The van der Waals surface area contributed by atoms with Gasteiger partial charge in [0.25, 0.3) is 0 Å². The van der Waals surface area contributed by atoms with Crippen LogP contribution in [0.5, 0.6) is 0 Å². The molecular formula is C13H22ClFN2O2S. The molecule has 0 aliphatic heterocycles. The molecule has 1 aromatic rings. The number of aryl methyl sites for hydroxylation is 2. The van der Waals surface area contributed by atoms with E-state index in [9.17, 15) is 12.8 Å². The van der Waals surface area contributed by atoms with Gasteiger partial charge in [-0.1, -0.05) is 6.92 Å². The summed E-state index contributed by atoms with van der Waals surface area (Å²) >= 11 is 0. The second-order valence-electron chi connectivity index (χ2n) is 4.68. The van der Waals surface area contributed by atoms with Gasteiger partial charge in [-0.25, -0.2) is 17.5 Å². The number of rotatable bonds is 6. The molecule has 1 rings (SSSR count). The molecule has 0 aliphatic rings. The number of hydrogen-bond acceptors (Lipinski definition) is 3. The highest BCUT2D eigenvalue weighted by molar-refractivity contribution is 7.89. The minimum atomic E-state index is -3.59. The van der Waals surface area contributed by atoms with Crippen LogP contribution in [0.15, 0.2) is 17.0 Å². The van der Waals surface area contributed by atoms with E-state index in [4.69, 9.17) is 0 Å². The van der Waals surface area contributed by atoms with E-state index in [1.807, 2.05) is 13.8 Å². The molecule has 0 aliphatic carbocycles. The van der Waals surface area contributed by atoms with Crippen LogP contribution in [0.2, 0.25) is 0 Å². The standard InChI is InChI=1S/C13H21FN2O2S.ClH/c1-5-15-11(4)8-16-19(17,18)12-6-9(2)13(14)10(3)7-12;/h6-7,11,15-16H,5,8H2,1-4H3;1H/t11-;/m1./s1. The van der Waals surface area contributed by atoms with E-state index in [2.05, 4.69) is 10.0 Å². The largest absolute Gasteiger partial charge is 0.313 e. The Balaban J connectivity index is 0.00000361. The Morgan fingerprint density at radius 3 is 2.20 bits per heavy atom. The molecule has 1 atom stereocenters. The molecule has 0 spiro atoms. The minimum absolute atomic E-state index is 0. The van der Waals surface area contributed by atoms with Crippen molar-refractivity contribution < 1.29 is 12.8 Å². The summed E-state index contributed by atoms with van der Waals surface area (Å²) < 4.78 is 40.2. The Labute approximate surface area is 126 Å². The van der Waals surface area contributed by atoms with Crippen molar-refractivity contribution in [1.29, 1.82) is 0 Å². The van der Waals surface area contributed by atoms with Gasteiger partial charge in [0.2, 0.25) is 10.0 Å². The molecule has 0 unspecified atom stereocenters. The fraction of sp³-hybridized carbons (Fsp3) is 0.538. The van der Waals surface area contributed by atoms with E-state index in [0.717, 1.165) is 6.54 Å². The van der Waals surface area contributed by atoms with Crippen LogP contribution in [0, 0.1) is 19.7 Å². The van der Waals surface area contributed by atoms with Crippen LogP contribution in [0.25, 0.3) is 0 Å². The van der Waals surface area contributed by atoms with Gasteiger partial charge < -0.3 is 5.32 Å². The summed E-state index contributed by atoms with van der Waals surface area (Å²) in [6.07, 6.45) is 0. The summed E-state index contributed by atoms with van der Waals surface area (Å²) in [5.41, 5.74) is 0.667. The molecular weight excluding hydrogens is 303 g/mol. The number of likely N-dealkylation sites (N-methyl/N-ethyl adjacent to an activating group) is 1. The lowest BCUT2D eigenvalue weighted by molar-refractivity contribution is 0.535. The van der Waals surface area contributed by atoms with Crippen LogP contribution >= 0.6 is 12.4 Å². The normalized spacial score (nSPS) is 12.8. The zero-order valence-electron chi connectivity index (χ0n) is 12.2. The van der Waals surface area contributed by atoms with Gasteiger partial charge in [-0.05, 0) is 50.6 Å². The second-order valence-corrected chi connectivity index (χ2v) is 6.45. The molecule has 0 heterocycles. The van der Waals surface area contributed by atoms with Crippen LogP contribution in [0.4, 0.5) is 4.39 Å². The number of nitrogens with one attached hydrogen (secondary N) is 2. The van der Waals surface area contributed by atoms with Crippen molar-refractivity contribution in [3.63, 3.8) is 0 Å². The van der Waals surface area contributed by atoms with Crippen LogP contribution in [-0.4, -0.2) is 27.5 Å². The van der Waals surface area contributed by atoms with Gasteiger partial charge in [0.1, 0.15) is 5.82 Å². The lowest BCUT2D eigenvalue weighted by Crippen LogP contribution is -2.38. The zero-order chi connectivity index (χ0) is 14.6. The molecule has 0 amide bonds. The number of halogens is 2. The van der Waals surface area contributed by atoms with Gasteiger partial charge >= 0.3 is 0 Å². The average molecular weight is 325 g/mol. The van der Waals surface area contributed by atoms with Crippen molar-refractivity contribution in [1.82, 2.24) is 10.0 Å². The fourth-order valence-corrected chi connectivity index (χ4v) is 3.10. The monoisotopic (exact) mass is 324 g/mol. The maximum Gasteiger partial charge on any atom is 0.240 e. The summed E-state index contributed by atoms with van der Waals surface area (Å²) in [7, 11) is -3.59. The van der Waals surface area contributed by atoms with E-state index in [1.54, 1.807) is 13.8 Å². The summed E-state index contributed by atoms with van der Waals surface area (Å²) in [4.78, 5) is 0.104. The Hall–Kier alpha value is -0.690. The molecule has 0 bridgehead atoms. The molecule has 7 heteroatoms. The van der Waals surface area contributed by atoms with E-state index in [-0.39, 0.29) is 29.2 Å². The summed E-state index contributed by atoms with van der Waals surface area (Å²) in [5.74, 6) is -0.361.